The Kier molecular flexibility index (Phi) is 6.37. The highest BCUT2D eigenvalue weighted by Crippen LogP contribution is 2.27. The fourth-order valence-electron chi connectivity index (χ4n) is 3.24. The van der Waals surface area contributed by atoms with E-state index in [1.807, 2.05) is 56.3 Å². The summed E-state index contributed by atoms with van der Waals surface area (Å²) in [5.41, 5.74) is 9.44. The van der Waals surface area contributed by atoms with Gasteiger partial charge in [0.05, 0.1) is 29.0 Å². The van der Waals surface area contributed by atoms with Gasteiger partial charge in [-0.15, -0.1) is 0 Å². The van der Waals surface area contributed by atoms with E-state index in [0.717, 1.165) is 0 Å². The van der Waals surface area contributed by atoms with Gasteiger partial charge in [0, 0.05) is 19.3 Å². The molecule has 1 aromatic carbocycles. The Morgan fingerprint density at radius 2 is 1.94 bits per heavy atom. The molecule has 9 nitrogen and oxygen atoms in total. The molecule has 0 saturated carbocycles. The molecular weight excluding hydrogens is 406 g/mol. The van der Waals surface area contributed by atoms with Crippen LogP contribution in [-0.4, -0.2) is 51.0 Å². The number of ether oxygens (including phenoxy) is 1. The number of para-hydroxylation sites is 2. The van der Waals surface area contributed by atoms with Crippen LogP contribution in [0, 0.1) is 0 Å². The molecule has 9 heteroatoms. The summed E-state index contributed by atoms with van der Waals surface area (Å²) in [6.07, 6.45) is 4.08. The number of nitrogens with two attached hydrogens (primary N) is 1. The van der Waals surface area contributed by atoms with E-state index in [2.05, 4.69) is 25.4 Å². The van der Waals surface area contributed by atoms with Gasteiger partial charge >= 0.3 is 0 Å². The smallest absolute Gasteiger partial charge is 0.257 e. The van der Waals surface area contributed by atoms with Crippen molar-refractivity contribution in [1.82, 2.24) is 24.9 Å². The van der Waals surface area contributed by atoms with Crippen LogP contribution in [0.4, 0.5) is 5.82 Å². The first kappa shape index (κ1) is 21.4. The van der Waals surface area contributed by atoms with E-state index in [-0.39, 0.29) is 23.4 Å². The highest BCUT2D eigenvalue weighted by molar-refractivity contribution is 6.10. The molecule has 3 N–H and O–H groups in total. The van der Waals surface area contributed by atoms with Crippen LogP contribution in [0.1, 0.15) is 36.3 Å². The third-order valence-corrected chi connectivity index (χ3v) is 4.75. The van der Waals surface area contributed by atoms with E-state index in [1.54, 1.807) is 12.4 Å². The Morgan fingerprint density at radius 3 is 2.66 bits per heavy atom. The summed E-state index contributed by atoms with van der Waals surface area (Å²) in [5.74, 6) is -0.160. The van der Waals surface area contributed by atoms with Crippen LogP contribution in [0.2, 0.25) is 0 Å². The van der Waals surface area contributed by atoms with Crippen LogP contribution < -0.4 is 11.1 Å². The third kappa shape index (κ3) is 4.57. The van der Waals surface area contributed by atoms with Gasteiger partial charge in [-0.2, -0.15) is 9.78 Å². The fraction of sp³-hybridized carbons (Fsp3) is 0.261. The van der Waals surface area contributed by atoms with Gasteiger partial charge in [0.15, 0.2) is 5.65 Å². The first-order valence-corrected chi connectivity index (χ1v) is 10.5. The Morgan fingerprint density at radius 1 is 1.19 bits per heavy atom. The molecular formula is C23H25N7O2. The molecule has 4 aromatic rings. The Labute approximate surface area is 185 Å². The molecule has 0 bridgehead atoms. The lowest BCUT2D eigenvalue weighted by atomic mass is 10.2. The minimum atomic E-state index is -0.326. The van der Waals surface area contributed by atoms with Crippen LogP contribution in [-0.2, 0) is 4.74 Å². The maximum absolute atomic E-state index is 13.0. The van der Waals surface area contributed by atoms with Crippen molar-refractivity contribution >= 4 is 40.1 Å². The van der Waals surface area contributed by atoms with Crippen LogP contribution in [0.5, 0.6) is 0 Å². The van der Waals surface area contributed by atoms with Gasteiger partial charge in [0.1, 0.15) is 16.9 Å². The Balaban J connectivity index is 1.71. The van der Waals surface area contributed by atoms with Crippen molar-refractivity contribution in [2.45, 2.75) is 26.4 Å². The summed E-state index contributed by atoms with van der Waals surface area (Å²) >= 11 is 0. The van der Waals surface area contributed by atoms with Gasteiger partial charge in [0.2, 0.25) is 0 Å². The molecule has 0 aliphatic rings. The van der Waals surface area contributed by atoms with Gasteiger partial charge in [-0.25, -0.2) is 9.97 Å². The predicted octanol–water partition coefficient (Wildman–Crippen LogP) is 2.99. The summed E-state index contributed by atoms with van der Waals surface area (Å²) in [7, 11) is 0. The molecule has 0 atom stereocenters. The van der Waals surface area contributed by atoms with Crippen LogP contribution in [0.3, 0.4) is 0 Å². The van der Waals surface area contributed by atoms with Crippen molar-refractivity contribution in [1.29, 1.82) is 0 Å². The number of rotatable bonds is 8. The SMILES string of the molecule is CC(C)OCCCNC(=O)c1c(N)n(/N=C\c2ccccn2)c2nc3ccccc3nc12. The van der Waals surface area contributed by atoms with Crippen LogP contribution in [0.15, 0.2) is 53.8 Å². The molecule has 32 heavy (non-hydrogen) atoms. The number of pyridine rings is 1. The average molecular weight is 432 g/mol. The molecule has 0 spiro atoms. The number of nitrogens with zero attached hydrogens (tertiary/aromatic N) is 5. The zero-order valence-electron chi connectivity index (χ0n) is 18.0. The van der Waals surface area contributed by atoms with Crippen molar-refractivity contribution in [3.05, 3.63) is 59.9 Å². The molecule has 3 heterocycles. The van der Waals surface area contributed by atoms with Gasteiger partial charge in [0.25, 0.3) is 5.91 Å². The number of carbonyl (C=O) groups is 1. The number of hydrogen-bond donors (Lipinski definition) is 2. The molecule has 3 aromatic heterocycles. The van der Waals surface area contributed by atoms with Gasteiger partial charge < -0.3 is 15.8 Å². The highest BCUT2D eigenvalue weighted by atomic mass is 16.5. The zero-order chi connectivity index (χ0) is 22.5. The third-order valence-electron chi connectivity index (χ3n) is 4.75. The van der Waals surface area contributed by atoms with Crippen molar-refractivity contribution < 1.29 is 9.53 Å². The maximum atomic E-state index is 13.0. The summed E-state index contributed by atoms with van der Waals surface area (Å²) < 4.78 is 6.95. The van der Waals surface area contributed by atoms with E-state index in [4.69, 9.17) is 10.5 Å². The predicted molar refractivity (Wildman–Crippen MR) is 125 cm³/mol. The topological polar surface area (TPSA) is 120 Å². The molecule has 0 aliphatic heterocycles. The Bertz CT molecular complexity index is 1270. The normalized spacial score (nSPS) is 11.7. The first-order valence-electron chi connectivity index (χ1n) is 10.5. The first-order chi connectivity index (χ1) is 15.5. The van der Waals surface area contributed by atoms with Crippen LogP contribution in [0.25, 0.3) is 22.2 Å². The van der Waals surface area contributed by atoms with E-state index < -0.39 is 0 Å². The largest absolute Gasteiger partial charge is 0.383 e. The molecule has 0 unspecified atom stereocenters. The molecule has 0 saturated heterocycles. The van der Waals surface area contributed by atoms with Crippen molar-refractivity contribution in [3.63, 3.8) is 0 Å². The lowest BCUT2D eigenvalue weighted by Crippen LogP contribution is -2.26. The second-order valence-corrected chi connectivity index (χ2v) is 7.48. The van der Waals surface area contributed by atoms with E-state index in [9.17, 15) is 4.79 Å². The molecule has 0 radical (unpaired) electrons. The van der Waals surface area contributed by atoms with Crippen LogP contribution >= 0.6 is 0 Å². The summed E-state index contributed by atoms with van der Waals surface area (Å²) in [4.78, 5) is 26.6. The Hall–Kier alpha value is -3.85. The molecule has 0 aliphatic carbocycles. The van der Waals surface area contributed by atoms with E-state index in [0.29, 0.717) is 47.5 Å². The minimum absolute atomic E-state index is 0.153. The van der Waals surface area contributed by atoms with Crippen molar-refractivity contribution in [3.8, 4) is 0 Å². The second-order valence-electron chi connectivity index (χ2n) is 7.48. The lowest BCUT2D eigenvalue weighted by Gasteiger charge is -2.08. The number of fused-ring (bicyclic) bond motifs is 2. The number of nitrogens with one attached hydrogen (secondary N) is 1. The van der Waals surface area contributed by atoms with Gasteiger partial charge in [-0.3, -0.25) is 9.78 Å². The number of benzene rings is 1. The quantitative estimate of drug-likeness (QED) is 0.327. The summed E-state index contributed by atoms with van der Waals surface area (Å²) in [6.45, 7) is 4.97. The zero-order valence-corrected chi connectivity index (χ0v) is 18.0. The van der Waals surface area contributed by atoms with E-state index in [1.165, 1.54) is 4.68 Å². The number of anilines is 1. The highest BCUT2D eigenvalue weighted by Gasteiger charge is 2.23. The second kappa shape index (κ2) is 9.52. The standard InChI is InChI=1S/C23H25N7O2/c1-15(2)32-13-7-12-26-23(31)19-20-22(29-18-10-4-3-9-17(18)28-20)30(21(19)24)27-14-16-8-5-6-11-25-16/h3-6,8-11,14-15H,7,12-13,24H2,1-2H3,(H,26,31)/b27-14-. The lowest BCUT2D eigenvalue weighted by molar-refractivity contribution is 0.0757. The summed E-state index contributed by atoms with van der Waals surface area (Å²) in [5, 5.41) is 7.34. The maximum Gasteiger partial charge on any atom is 0.257 e. The summed E-state index contributed by atoms with van der Waals surface area (Å²) in [6, 6.07) is 13.0. The number of aromatic nitrogens is 4. The minimum Gasteiger partial charge on any atom is -0.383 e. The number of amides is 1. The molecule has 0 fully saturated rings. The van der Waals surface area contributed by atoms with Gasteiger partial charge in [-0.05, 0) is 44.5 Å². The molecule has 1 amide bonds. The van der Waals surface area contributed by atoms with Crippen molar-refractivity contribution in [2.75, 3.05) is 18.9 Å². The monoisotopic (exact) mass is 431 g/mol. The molecule has 164 valence electrons. The average Bonchev–Trinajstić information content (AvgIpc) is 3.06. The van der Waals surface area contributed by atoms with Gasteiger partial charge in [-0.1, -0.05) is 18.2 Å². The van der Waals surface area contributed by atoms with Crippen molar-refractivity contribution in [2.24, 2.45) is 5.10 Å². The van der Waals surface area contributed by atoms with E-state index >= 15 is 0 Å². The number of hydrogen-bond acceptors (Lipinski definition) is 7. The number of carbonyl (C=O) groups excluding carboxylic acids is 1. The molecule has 4 rings (SSSR count). The fourth-order valence-corrected chi connectivity index (χ4v) is 3.24. The number of nitrogen functional groups attached to an aromatic ring is 1.